The van der Waals surface area contributed by atoms with E-state index in [9.17, 15) is 14.7 Å². The SMILES string of the molecule is CC(C)(C)OC(=O)N1C(C(=O)O)[C@@H]2CC[C@@H]1C2. The molecule has 1 aliphatic heterocycles. The van der Waals surface area contributed by atoms with Crippen LogP contribution in [0.25, 0.3) is 0 Å². The first-order chi connectivity index (χ1) is 7.79. The van der Waals surface area contributed by atoms with E-state index in [2.05, 4.69) is 0 Å². The third kappa shape index (κ3) is 2.23. The summed E-state index contributed by atoms with van der Waals surface area (Å²) in [5.41, 5.74) is -0.581. The predicted octanol–water partition coefficient (Wildman–Crippen LogP) is 1.86. The average molecular weight is 241 g/mol. The fourth-order valence-corrected chi connectivity index (χ4v) is 2.88. The van der Waals surface area contributed by atoms with Crippen LogP contribution in [0.3, 0.4) is 0 Å². The molecule has 17 heavy (non-hydrogen) atoms. The van der Waals surface area contributed by atoms with Crippen LogP contribution < -0.4 is 0 Å². The third-order valence-corrected chi connectivity index (χ3v) is 3.44. The van der Waals surface area contributed by atoms with E-state index < -0.39 is 23.7 Å². The lowest BCUT2D eigenvalue weighted by molar-refractivity contribution is -0.144. The summed E-state index contributed by atoms with van der Waals surface area (Å²) in [6.45, 7) is 5.36. The van der Waals surface area contributed by atoms with E-state index in [1.807, 2.05) is 0 Å². The zero-order valence-electron chi connectivity index (χ0n) is 10.5. The summed E-state index contributed by atoms with van der Waals surface area (Å²) in [4.78, 5) is 24.7. The predicted molar refractivity (Wildman–Crippen MR) is 60.6 cm³/mol. The molecule has 0 aromatic heterocycles. The van der Waals surface area contributed by atoms with Crippen LogP contribution in [0.15, 0.2) is 0 Å². The first kappa shape index (κ1) is 12.2. The van der Waals surface area contributed by atoms with Gasteiger partial charge in [0.2, 0.25) is 0 Å². The first-order valence-electron chi connectivity index (χ1n) is 6.04. The molecule has 0 aromatic rings. The average Bonchev–Trinajstić information content (AvgIpc) is 2.72. The molecule has 0 radical (unpaired) electrons. The molecular weight excluding hydrogens is 222 g/mol. The summed E-state index contributed by atoms with van der Waals surface area (Å²) in [6, 6.07) is -0.639. The summed E-state index contributed by atoms with van der Waals surface area (Å²) in [5.74, 6) is -0.812. The molecule has 1 unspecified atom stereocenters. The van der Waals surface area contributed by atoms with Gasteiger partial charge in [0.1, 0.15) is 11.6 Å². The van der Waals surface area contributed by atoms with Crippen molar-refractivity contribution in [1.29, 1.82) is 0 Å². The number of fused-ring (bicyclic) bond motifs is 2. The van der Waals surface area contributed by atoms with Crippen molar-refractivity contribution < 1.29 is 19.4 Å². The van der Waals surface area contributed by atoms with Gasteiger partial charge in [-0.15, -0.1) is 0 Å². The quantitative estimate of drug-likeness (QED) is 0.761. The molecule has 1 saturated heterocycles. The van der Waals surface area contributed by atoms with Crippen LogP contribution in [0.5, 0.6) is 0 Å². The minimum Gasteiger partial charge on any atom is -0.480 e. The Bertz CT molecular complexity index is 347. The number of hydrogen-bond donors (Lipinski definition) is 1. The fraction of sp³-hybridized carbons (Fsp3) is 0.833. The molecule has 5 heteroatoms. The second-order valence-corrected chi connectivity index (χ2v) is 5.90. The largest absolute Gasteiger partial charge is 0.480 e. The highest BCUT2D eigenvalue weighted by molar-refractivity contribution is 5.82. The van der Waals surface area contributed by atoms with Crippen molar-refractivity contribution in [2.45, 2.75) is 57.7 Å². The van der Waals surface area contributed by atoms with Crippen molar-refractivity contribution in [2.24, 2.45) is 5.92 Å². The summed E-state index contributed by atoms with van der Waals surface area (Å²) >= 11 is 0. The number of carbonyl (C=O) groups is 2. The number of hydrogen-bond acceptors (Lipinski definition) is 3. The number of rotatable bonds is 1. The minimum atomic E-state index is -0.914. The Balaban J connectivity index is 2.14. The van der Waals surface area contributed by atoms with Crippen LogP contribution in [-0.4, -0.2) is 39.8 Å². The Morgan fingerprint density at radius 3 is 2.47 bits per heavy atom. The Kier molecular flexibility index (Phi) is 2.79. The maximum Gasteiger partial charge on any atom is 0.411 e. The third-order valence-electron chi connectivity index (χ3n) is 3.44. The normalized spacial score (nSPS) is 31.7. The summed E-state index contributed by atoms with van der Waals surface area (Å²) in [6.07, 6.45) is 2.11. The number of carbonyl (C=O) groups excluding carboxylic acids is 1. The highest BCUT2D eigenvalue weighted by atomic mass is 16.6. The van der Waals surface area contributed by atoms with Crippen LogP contribution in [0.2, 0.25) is 0 Å². The smallest absolute Gasteiger partial charge is 0.411 e. The Morgan fingerprint density at radius 1 is 1.29 bits per heavy atom. The molecule has 96 valence electrons. The van der Waals surface area contributed by atoms with E-state index in [1.54, 1.807) is 20.8 Å². The van der Waals surface area contributed by atoms with Crippen LogP contribution in [0.4, 0.5) is 4.79 Å². The van der Waals surface area contributed by atoms with Crippen LogP contribution in [0, 0.1) is 5.92 Å². The van der Waals surface area contributed by atoms with E-state index in [4.69, 9.17) is 4.74 Å². The van der Waals surface area contributed by atoms with E-state index >= 15 is 0 Å². The van der Waals surface area contributed by atoms with Gasteiger partial charge in [-0.2, -0.15) is 0 Å². The molecule has 1 saturated carbocycles. The topological polar surface area (TPSA) is 66.8 Å². The van der Waals surface area contributed by atoms with E-state index in [-0.39, 0.29) is 12.0 Å². The molecule has 5 nitrogen and oxygen atoms in total. The van der Waals surface area contributed by atoms with Gasteiger partial charge < -0.3 is 9.84 Å². The molecule has 1 N–H and O–H groups in total. The lowest BCUT2D eigenvalue weighted by Crippen LogP contribution is -2.50. The second kappa shape index (κ2) is 3.89. The van der Waals surface area contributed by atoms with Gasteiger partial charge in [-0.1, -0.05) is 0 Å². The zero-order chi connectivity index (χ0) is 12.8. The molecule has 1 aliphatic carbocycles. The molecule has 3 atom stereocenters. The molecule has 2 bridgehead atoms. The molecule has 2 aliphatic rings. The van der Waals surface area contributed by atoms with Crippen molar-refractivity contribution in [3.8, 4) is 0 Å². The van der Waals surface area contributed by atoms with Gasteiger partial charge in [0, 0.05) is 6.04 Å². The zero-order valence-corrected chi connectivity index (χ0v) is 10.5. The summed E-state index contributed by atoms with van der Waals surface area (Å²) in [7, 11) is 0. The monoisotopic (exact) mass is 241 g/mol. The number of ether oxygens (including phenoxy) is 1. The van der Waals surface area contributed by atoms with Gasteiger partial charge in [-0.25, -0.2) is 9.59 Å². The Morgan fingerprint density at radius 2 is 1.94 bits per heavy atom. The number of carboxylic acids is 1. The lowest BCUT2D eigenvalue weighted by Gasteiger charge is -2.34. The number of amides is 1. The van der Waals surface area contributed by atoms with Crippen molar-refractivity contribution in [2.75, 3.05) is 0 Å². The highest BCUT2D eigenvalue weighted by Gasteiger charge is 2.52. The summed E-state index contributed by atoms with van der Waals surface area (Å²) in [5, 5.41) is 9.20. The van der Waals surface area contributed by atoms with Gasteiger partial charge in [0.15, 0.2) is 0 Å². The molecule has 0 aromatic carbocycles. The van der Waals surface area contributed by atoms with Crippen molar-refractivity contribution in [3.05, 3.63) is 0 Å². The van der Waals surface area contributed by atoms with Crippen LogP contribution >= 0.6 is 0 Å². The maximum atomic E-state index is 12.0. The van der Waals surface area contributed by atoms with Crippen LogP contribution in [0.1, 0.15) is 40.0 Å². The van der Waals surface area contributed by atoms with Gasteiger partial charge >= 0.3 is 12.1 Å². The maximum absolute atomic E-state index is 12.0. The van der Waals surface area contributed by atoms with Crippen molar-refractivity contribution in [3.63, 3.8) is 0 Å². The van der Waals surface area contributed by atoms with E-state index in [1.165, 1.54) is 4.90 Å². The molecule has 1 heterocycles. The van der Waals surface area contributed by atoms with Gasteiger partial charge in [-0.3, -0.25) is 4.90 Å². The molecule has 1 amide bonds. The first-order valence-corrected chi connectivity index (χ1v) is 6.04. The second-order valence-electron chi connectivity index (χ2n) is 5.90. The van der Waals surface area contributed by atoms with E-state index in [0.29, 0.717) is 0 Å². The molecule has 0 spiro atoms. The number of likely N-dealkylation sites (tertiary alicyclic amines) is 1. The van der Waals surface area contributed by atoms with Gasteiger partial charge in [-0.05, 0) is 46.0 Å². The van der Waals surface area contributed by atoms with Gasteiger partial charge in [0.05, 0.1) is 0 Å². The van der Waals surface area contributed by atoms with Crippen LogP contribution in [-0.2, 0) is 9.53 Å². The number of nitrogens with zero attached hydrogens (tertiary/aromatic N) is 1. The molecule has 2 rings (SSSR count). The number of piperidine rings is 1. The molecular formula is C12H19NO4. The van der Waals surface area contributed by atoms with E-state index in [0.717, 1.165) is 19.3 Å². The standard InChI is InChI=1S/C12H19NO4/c1-12(2,3)17-11(16)13-8-5-4-7(6-8)9(13)10(14)15/h7-9H,4-6H2,1-3H3,(H,14,15)/t7-,8-,9?/m1/s1. The van der Waals surface area contributed by atoms with Crippen molar-refractivity contribution in [1.82, 2.24) is 4.90 Å². The Hall–Kier alpha value is -1.26. The molecule has 2 fully saturated rings. The lowest BCUT2D eigenvalue weighted by atomic mass is 9.99. The fourth-order valence-electron chi connectivity index (χ4n) is 2.88. The number of aliphatic carboxylic acids is 1. The van der Waals surface area contributed by atoms with Crippen molar-refractivity contribution >= 4 is 12.1 Å². The highest BCUT2D eigenvalue weighted by Crippen LogP contribution is 2.43. The minimum absolute atomic E-state index is 0.0518. The summed E-state index contributed by atoms with van der Waals surface area (Å²) < 4.78 is 5.28. The van der Waals surface area contributed by atoms with Gasteiger partial charge in [0.25, 0.3) is 0 Å². The number of carboxylic acid groups (broad SMARTS) is 1. The Labute approximate surface area is 101 Å².